The molecule has 3 aromatic heterocycles. The largest absolute Gasteiger partial charge is 0.478 e. The van der Waals surface area contributed by atoms with Gasteiger partial charge in [-0.3, -0.25) is 0 Å². The standard InChI is InChI=1S/C15H12N2O2S2/c18-14(19)4-3-11-5-9-21-13(11)10-17-7-6-16-15(17)12-2-1-8-20-12/h1-9H,10H2,(H,18,19). The SMILES string of the molecule is O=C(O)C=Cc1ccsc1Cn1ccnc1-c1cccs1. The summed E-state index contributed by atoms with van der Waals surface area (Å²) in [6, 6.07) is 5.98. The number of hydrogen-bond donors (Lipinski definition) is 1. The van der Waals surface area contributed by atoms with Crippen LogP contribution in [0.25, 0.3) is 16.8 Å². The summed E-state index contributed by atoms with van der Waals surface area (Å²) in [6.45, 7) is 0.685. The van der Waals surface area contributed by atoms with E-state index in [1.54, 1.807) is 34.9 Å². The van der Waals surface area contributed by atoms with Gasteiger partial charge in [-0.15, -0.1) is 22.7 Å². The van der Waals surface area contributed by atoms with Gasteiger partial charge in [-0.1, -0.05) is 6.07 Å². The summed E-state index contributed by atoms with van der Waals surface area (Å²) in [5.74, 6) is 0.000574. The predicted octanol–water partition coefficient (Wildman–Crippen LogP) is 3.82. The molecule has 3 aromatic rings. The molecular weight excluding hydrogens is 304 g/mol. The van der Waals surface area contributed by atoms with E-state index in [0.717, 1.165) is 21.1 Å². The van der Waals surface area contributed by atoms with Gasteiger partial charge in [0.15, 0.2) is 0 Å². The second-order valence-electron chi connectivity index (χ2n) is 4.33. The van der Waals surface area contributed by atoms with Crippen LogP contribution in [0.3, 0.4) is 0 Å². The molecule has 1 N–H and O–H groups in total. The third kappa shape index (κ3) is 3.12. The van der Waals surface area contributed by atoms with Crippen LogP contribution in [0, 0.1) is 0 Å². The molecule has 3 rings (SSSR count). The lowest BCUT2D eigenvalue weighted by Gasteiger charge is -2.06. The number of imidazole rings is 1. The maximum atomic E-state index is 10.6. The minimum Gasteiger partial charge on any atom is -0.478 e. The lowest BCUT2D eigenvalue weighted by Crippen LogP contribution is -2.00. The van der Waals surface area contributed by atoms with Crippen molar-refractivity contribution in [3.05, 3.63) is 57.9 Å². The fourth-order valence-electron chi connectivity index (χ4n) is 2.01. The number of aromatic nitrogens is 2. The molecule has 0 aliphatic rings. The maximum absolute atomic E-state index is 10.6. The van der Waals surface area contributed by atoms with Crippen LogP contribution in [0.4, 0.5) is 0 Å². The second kappa shape index (κ2) is 6.07. The van der Waals surface area contributed by atoms with Gasteiger partial charge in [0.05, 0.1) is 11.4 Å². The molecule has 3 heterocycles. The van der Waals surface area contributed by atoms with Crippen molar-refractivity contribution in [3.63, 3.8) is 0 Å². The number of rotatable bonds is 5. The van der Waals surface area contributed by atoms with Gasteiger partial charge in [0.2, 0.25) is 0 Å². The average molecular weight is 316 g/mol. The lowest BCUT2D eigenvalue weighted by molar-refractivity contribution is -0.131. The first-order chi connectivity index (χ1) is 10.2. The predicted molar refractivity (Wildman–Crippen MR) is 85.6 cm³/mol. The van der Waals surface area contributed by atoms with Crippen molar-refractivity contribution in [3.8, 4) is 10.7 Å². The highest BCUT2D eigenvalue weighted by Gasteiger charge is 2.09. The van der Waals surface area contributed by atoms with E-state index in [1.807, 2.05) is 35.2 Å². The smallest absolute Gasteiger partial charge is 0.328 e. The highest BCUT2D eigenvalue weighted by Crippen LogP contribution is 2.26. The quantitative estimate of drug-likeness (QED) is 0.728. The van der Waals surface area contributed by atoms with E-state index in [1.165, 1.54) is 6.08 Å². The molecule has 0 saturated carbocycles. The number of thiophene rings is 2. The molecule has 0 radical (unpaired) electrons. The van der Waals surface area contributed by atoms with Crippen molar-refractivity contribution in [2.75, 3.05) is 0 Å². The number of hydrogen-bond acceptors (Lipinski definition) is 4. The summed E-state index contributed by atoms with van der Waals surface area (Å²) in [4.78, 5) is 17.3. The van der Waals surface area contributed by atoms with Gasteiger partial charge < -0.3 is 9.67 Å². The zero-order valence-corrected chi connectivity index (χ0v) is 12.6. The Balaban J connectivity index is 1.87. The number of carbonyl (C=O) groups is 1. The fraction of sp³-hybridized carbons (Fsp3) is 0.0667. The van der Waals surface area contributed by atoms with Crippen molar-refractivity contribution in [1.29, 1.82) is 0 Å². The third-order valence-corrected chi connectivity index (χ3v) is 4.74. The van der Waals surface area contributed by atoms with E-state index < -0.39 is 5.97 Å². The summed E-state index contributed by atoms with van der Waals surface area (Å²) in [5.41, 5.74) is 0.938. The van der Waals surface area contributed by atoms with Gasteiger partial charge in [-0.25, -0.2) is 9.78 Å². The minimum absolute atomic E-state index is 0.685. The van der Waals surface area contributed by atoms with Crippen molar-refractivity contribution in [1.82, 2.24) is 9.55 Å². The Morgan fingerprint density at radius 3 is 3.00 bits per heavy atom. The first-order valence-electron chi connectivity index (χ1n) is 6.26. The zero-order valence-electron chi connectivity index (χ0n) is 11.0. The van der Waals surface area contributed by atoms with E-state index in [9.17, 15) is 4.79 Å². The summed E-state index contributed by atoms with van der Waals surface area (Å²) in [5, 5.41) is 12.7. The molecule has 4 nitrogen and oxygen atoms in total. The monoisotopic (exact) mass is 316 g/mol. The molecule has 0 unspecified atom stereocenters. The van der Waals surface area contributed by atoms with Crippen molar-refractivity contribution in [2.45, 2.75) is 6.54 Å². The molecule has 0 aromatic carbocycles. The van der Waals surface area contributed by atoms with Crippen LogP contribution < -0.4 is 0 Å². The van der Waals surface area contributed by atoms with Crippen molar-refractivity contribution >= 4 is 34.7 Å². The Labute approximate surface area is 129 Å². The maximum Gasteiger partial charge on any atom is 0.328 e. The van der Waals surface area contributed by atoms with E-state index in [0.29, 0.717) is 6.54 Å². The molecule has 106 valence electrons. The van der Waals surface area contributed by atoms with Gasteiger partial charge in [0, 0.05) is 23.3 Å². The molecule has 0 aliphatic heterocycles. The Kier molecular flexibility index (Phi) is 3.98. The second-order valence-corrected chi connectivity index (χ2v) is 6.28. The molecule has 6 heteroatoms. The van der Waals surface area contributed by atoms with Crippen LogP contribution >= 0.6 is 22.7 Å². The molecule has 0 fully saturated rings. The lowest BCUT2D eigenvalue weighted by atomic mass is 10.2. The minimum atomic E-state index is -0.936. The van der Waals surface area contributed by atoms with Gasteiger partial charge in [-0.05, 0) is 34.5 Å². The first-order valence-corrected chi connectivity index (χ1v) is 8.02. The molecule has 0 amide bonds. The summed E-state index contributed by atoms with van der Waals surface area (Å²) < 4.78 is 2.08. The van der Waals surface area contributed by atoms with E-state index >= 15 is 0 Å². The van der Waals surface area contributed by atoms with Gasteiger partial charge in [0.25, 0.3) is 0 Å². The van der Waals surface area contributed by atoms with Gasteiger partial charge >= 0.3 is 5.97 Å². The number of carboxylic acids is 1. The number of aliphatic carboxylic acids is 1. The highest BCUT2D eigenvalue weighted by atomic mass is 32.1. The van der Waals surface area contributed by atoms with E-state index in [2.05, 4.69) is 9.55 Å². The van der Waals surface area contributed by atoms with E-state index in [-0.39, 0.29) is 0 Å². The molecule has 21 heavy (non-hydrogen) atoms. The molecule has 0 saturated heterocycles. The normalized spacial score (nSPS) is 11.2. The van der Waals surface area contributed by atoms with Crippen LogP contribution in [-0.2, 0) is 11.3 Å². The average Bonchev–Trinajstić information content (AvgIpc) is 3.18. The molecule has 0 aliphatic carbocycles. The molecule has 0 atom stereocenters. The molecule has 0 bridgehead atoms. The number of nitrogens with zero attached hydrogens (tertiary/aromatic N) is 2. The van der Waals surface area contributed by atoms with Crippen molar-refractivity contribution < 1.29 is 9.90 Å². The van der Waals surface area contributed by atoms with Crippen molar-refractivity contribution in [2.24, 2.45) is 0 Å². The summed E-state index contributed by atoms with van der Waals surface area (Å²) >= 11 is 3.27. The Hall–Kier alpha value is -2.18. The highest BCUT2D eigenvalue weighted by molar-refractivity contribution is 7.13. The van der Waals surface area contributed by atoms with Crippen LogP contribution in [0.1, 0.15) is 10.4 Å². The summed E-state index contributed by atoms with van der Waals surface area (Å²) in [6.07, 6.45) is 6.53. The molecular formula is C15H12N2O2S2. The Morgan fingerprint density at radius 1 is 1.33 bits per heavy atom. The van der Waals surface area contributed by atoms with Gasteiger partial charge in [-0.2, -0.15) is 0 Å². The summed E-state index contributed by atoms with van der Waals surface area (Å²) in [7, 11) is 0. The fourth-order valence-corrected chi connectivity index (χ4v) is 3.61. The Bertz CT molecular complexity index is 769. The van der Waals surface area contributed by atoms with E-state index in [4.69, 9.17) is 5.11 Å². The van der Waals surface area contributed by atoms with Crippen LogP contribution in [0.15, 0.2) is 47.4 Å². The van der Waals surface area contributed by atoms with Crippen LogP contribution in [0.2, 0.25) is 0 Å². The Morgan fingerprint density at radius 2 is 2.24 bits per heavy atom. The number of carboxylic acid groups (broad SMARTS) is 1. The molecule has 0 spiro atoms. The first kappa shape index (κ1) is 13.8. The topological polar surface area (TPSA) is 55.1 Å². The van der Waals surface area contributed by atoms with Gasteiger partial charge in [0.1, 0.15) is 5.82 Å². The van der Waals surface area contributed by atoms with Crippen LogP contribution in [0.5, 0.6) is 0 Å². The third-order valence-electron chi connectivity index (χ3n) is 2.96. The van der Waals surface area contributed by atoms with Crippen LogP contribution in [-0.4, -0.2) is 20.6 Å². The zero-order chi connectivity index (χ0) is 14.7.